The molecule has 0 aliphatic carbocycles. The summed E-state index contributed by atoms with van der Waals surface area (Å²) in [5.41, 5.74) is 2.15. The third-order valence-corrected chi connectivity index (χ3v) is 3.49. The van der Waals surface area contributed by atoms with E-state index in [1.165, 1.54) is 16.8 Å². The summed E-state index contributed by atoms with van der Waals surface area (Å²) in [6, 6.07) is 8.55. The molecule has 3 heteroatoms. The van der Waals surface area contributed by atoms with Gasteiger partial charge in [0.15, 0.2) is 0 Å². The summed E-state index contributed by atoms with van der Waals surface area (Å²) >= 11 is 1.68. The minimum Gasteiger partial charge on any atom is -0.264 e. The van der Waals surface area contributed by atoms with Crippen LogP contribution in [0.2, 0.25) is 0 Å². The molecule has 78 valence electrons. The second-order valence-corrected chi connectivity index (χ2v) is 4.44. The molecule has 0 saturated heterocycles. The summed E-state index contributed by atoms with van der Waals surface area (Å²) in [7, 11) is 0. The predicted octanol–water partition coefficient (Wildman–Crippen LogP) is 4.10. The summed E-state index contributed by atoms with van der Waals surface area (Å²) in [5.74, 6) is -0.207. The van der Waals surface area contributed by atoms with Crippen molar-refractivity contribution in [1.82, 2.24) is 4.98 Å². The van der Waals surface area contributed by atoms with Gasteiger partial charge in [-0.25, -0.2) is 4.39 Å². The first kappa shape index (κ1) is 9.48. The molecule has 0 aliphatic rings. The molecule has 0 amide bonds. The van der Waals surface area contributed by atoms with E-state index in [9.17, 15) is 4.39 Å². The van der Waals surface area contributed by atoms with Crippen molar-refractivity contribution in [3.8, 4) is 11.1 Å². The van der Waals surface area contributed by atoms with Gasteiger partial charge in [-0.3, -0.25) is 4.98 Å². The zero-order valence-corrected chi connectivity index (χ0v) is 9.17. The largest absolute Gasteiger partial charge is 0.264 e. The van der Waals surface area contributed by atoms with Gasteiger partial charge in [0.1, 0.15) is 5.82 Å². The van der Waals surface area contributed by atoms with Crippen LogP contribution in [0.4, 0.5) is 4.39 Å². The van der Waals surface area contributed by atoms with Crippen LogP contribution in [0, 0.1) is 5.82 Å². The number of rotatable bonds is 1. The van der Waals surface area contributed by atoms with E-state index >= 15 is 0 Å². The molecule has 2 heterocycles. The van der Waals surface area contributed by atoms with Gasteiger partial charge < -0.3 is 0 Å². The van der Waals surface area contributed by atoms with Gasteiger partial charge in [-0.05, 0) is 29.1 Å². The Morgan fingerprint density at radius 2 is 1.88 bits per heavy atom. The third-order valence-electron chi connectivity index (χ3n) is 2.53. The summed E-state index contributed by atoms with van der Waals surface area (Å²) in [6.07, 6.45) is 3.64. The van der Waals surface area contributed by atoms with Crippen molar-refractivity contribution < 1.29 is 4.39 Å². The number of hydrogen-bond donors (Lipinski definition) is 0. The Bertz CT molecular complexity index is 628. The van der Waals surface area contributed by atoms with E-state index in [2.05, 4.69) is 10.4 Å². The van der Waals surface area contributed by atoms with Gasteiger partial charge in [-0.1, -0.05) is 12.1 Å². The molecule has 0 N–H and O–H groups in total. The van der Waals surface area contributed by atoms with Crippen LogP contribution >= 0.6 is 11.3 Å². The van der Waals surface area contributed by atoms with Gasteiger partial charge in [0.2, 0.25) is 0 Å². The van der Waals surface area contributed by atoms with Gasteiger partial charge in [-0.15, -0.1) is 11.3 Å². The lowest BCUT2D eigenvalue weighted by atomic mass is 10.1. The van der Waals surface area contributed by atoms with Crippen molar-refractivity contribution in [1.29, 1.82) is 0 Å². The Hall–Kier alpha value is -1.74. The minimum absolute atomic E-state index is 0.207. The Balaban J connectivity index is 2.22. The topological polar surface area (TPSA) is 12.9 Å². The van der Waals surface area contributed by atoms with E-state index in [1.807, 2.05) is 12.3 Å². The monoisotopic (exact) mass is 229 g/mol. The lowest BCUT2D eigenvalue weighted by Gasteiger charge is -1.98. The Labute approximate surface area is 96.2 Å². The smallest absolute Gasteiger partial charge is 0.123 e. The molecule has 0 fully saturated rings. The fourth-order valence-corrected chi connectivity index (χ4v) is 2.66. The van der Waals surface area contributed by atoms with E-state index in [-0.39, 0.29) is 5.82 Å². The quantitative estimate of drug-likeness (QED) is 0.612. The highest BCUT2D eigenvalue weighted by Crippen LogP contribution is 2.33. The summed E-state index contributed by atoms with van der Waals surface area (Å²) in [6.45, 7) is 0. The number of pyridine rings is 1. The third kappa shape index (κ3) is 1.49. The van der Waals surface area contributed by atoms with Crippen LogP contribution in [-0.2, 0) is 0 Å². The number of hydrogen-bond acceptors (Lipinski definition) is 2. The number of benzene rings is 1. The molecule has 0 atom stereocenters. The SMILES string of the molecule is Fc1ccc(-c2csc3ccncc23)cc1. The van der Waals surface area contributed by atoms with Crippen molar-refractivity contribution in [2.75, 3.05) is 0 Å². The fourth-order valence-electron chi connectivity index (χ4n) is 1.73. The Morgan fingerprint density at radius 3 is 2.69 bits per heavy atom. The molecule has 0 aliphatic heterocycles. The lowest BCUT2D eigenvalue weighted by molar-refractivity contribution is 0.628. The summed E-state index contributed by atoms with van der Waals surface area (Å²) in [5, 5.41) is 3.21. The molecular formula is C13H8FNS. The van der Waals surface area contributed by atoms with E-state index in [1.54, 1.807) is 29.7 Å². The molecule has 1 aromatic carbocycles. The van der Waals surface area contributed by atoms with Crippen LogP contribution in [0.25, 0.3) is 21.2 Å². The number of aromatic nitrogens is 1. The van der Waals surface area contributed by atoms with Crippen molar-refractivity contribution >= 4 is 21.4 Å². The molecule has 0 spiro atoms. The molecule has 1 nitrogen and oxygen atoms in total. The zero-order chi connectivity index (χ0) is 11.0. The van der Waals surface area contributed by atoms with Crippen LogP contribution in [0.1, 0.15) is 0 Å². The van der Waals surface area contributed by atoms with Crippen LogP contribution < -0.4 is 0 Å². The van der Waals surface area contributed by atoms with E-state index in [0.717, 1.165) is 16.5 Å². The van der Waals surface area contributed by atoms with Gasteiger partial charge in [-0.2, -0.15) is 0 Å². The number of nitrogens with zero attached hydrogens (tertiary/aromatic N) is 1. The highest BCUT2D eigenvalue weighted by molar-refractivity contribution is 7.17. The lowest BCUT2D eigenvalue weighted by Crippen LogP contribution is -1.77. The van der Waals surface area contributed by atoms with Crippen molar-refractivity contribution in [2.45, 2.75) is 0 Å². The van der Waals surface area contributed by atoms with Gasteiger partial charge in [0.25, 0.3) is 0 Å². The fraction of sp³-hybridized carbons (Fsp3) is 0. The highest BCUT2D eigenvalue weighted by atomic mass is 32.1. The zero-order valence-electron chi connectivity index (χ0n) is 8.35. The number of thiophene rings is 1. The summed E-state index contributed by atoms with van der Waals surface area (Å²) in [4.78, 5) is 4.12. The first-order chi connectivity index (χ1) is 7.84. The average Bonchev–Trinajstić information content (AvgIpc) is 2.74. The standard InChI is InChI=1S/C13H8FNS/c14-10-3-1-9(2-4-10)12-8-16-13-5-6-15-7-11(12)13/h1-8H. The molecule has 3 rings (SSSR count). The molecule has 0 saturated carbocycles. The van der Waals surface area contributed by atoms with Gasteiger partial charge >= 0.3 is 0 Å². The Morgan fingerprint density at radius 1 is 1.06 bits per heavy atom. The van der Waals surface area contributed by atoms with E-state index in [0.29, 0.717) is 0 Å². The maximum atomic E-state index is 12.8. The van der Waals surface area contributed by atoms with Crippen molar-refractivity contribution in [2.24, 2.45) is 0 Å². The first-order valence-electron chi connectivity index (χ1n) is 4.92. The van der Waals surface area contributed by atoms with Crippen molar-refractivity contribution in [3.05, 3.63) is 53.9 Å². The van der Waals surface area contributed by atoms with Crippen LogP contribution in [0.15, 0.2) is 48.1 Å². The second-order valence-electron chi connectivity index (χ2n) is 3.53. The molecular weight excluding hydrogens is 221 g/mol. The maximum Gasteiger partial charge on any atom is 0.123 e. The molecule has 2 aromatic heterocycles. The van der Waals surface area contributed by atoms with Crippen LogP contribution in [-0.4, -0.2) is 4.98 Å². The minimum atomic E-state index is -0.207. The molecule has 0 radical (unpaired) electrons. The van der Waals surface area contributed by atoms with E-state index in [4.69, 9.17) is 0 Å². The van der Waals surface area contributed by atoms with Crippen LogP contribution in [0.3, 0.4) is 0 Å². The molecule has 3 aromatic rings. The predicted molar refractivity (Wildman–Crippen MR) is 65.0 cm³/mol. The number of fused-ring (bicyclic) bond motifs is 1. The van der Waals surface area contributed by atoms with E-state index < -0.39 is 0 Å². The molecule has 16 heavy (non-hydrogen) atoms. The average molecular weight is 229 g/mol. The normalized spacial score (nSPS) is 10.8. The van der Waals surface area contributed by atoms with Crippen LogP contribution in [0.5, 0.6) is 0 Å². The van der Waals surface area contributed by atoms with Gasteiger partial charge in [0.05, 0.1) is 0 Å². The molecule has 0 unspecified atom stereocenters. The Kier molecular flexibility index (Phi) is 2.18. The molecule has 0 bridgehead atoms. The van der Waals surface area contributed by atoms with Crippen molar-refractivity contribution in [3.63, 3.8) is 0 Å². The maximum absolute atomic E-state index is 12.8. The van der Waals surface area contributed by atoms with Gasteiger partial charge in [0, 0.05) is 28.0 Å². The second kappa shape index (κ2) is 3.68. The summed E-state index contributed by atoms with van der Waals surface area (Å²) < 4.78 is 14.0. The highest BCUT2D eigenvalue weighted by Gasteiger charge is 2.05. The first-order valence-corrected chi connectivity index (χ1v) is 5.80. The number of halogens is 1.